The Labute approximate surface area is 618 Å². The lowest BCUT2D eigenvalue weighted by Crippen LogP contribution is -2.58. The van der Waals surface area contributed by atoms with Crippen LogP contribution in [0.15, 0.2) is 96.5 Å². The van der Waals surface area contributed by atoms with Crippen LogP contribution in [0, 0.1) is 17.8 Å². The van der Waals surface area contributed by atoms with Crippen molar-refractivity contribution in [2.45, 2.75) is 207 Å². The fourth-order valence-electron chi connectivity index (χ4n) is 13.6. The van der Waals surface area contributed by atoms with Crippen molar-refractivity contribution in [3.8, 4) is 11.8 Å². The number of nitrogens with two attached hydrogens (primary N) is 1. The molecule has 27 heteroatoms. The second-order valence-corrected chi connectivity index (χ2v) is 28.8. The molecule has 1 aliphatic rings. The zero-order chi connectivity index (χ0) is 76.2. The number of hydrogen-bond acceptors (Lipinski definition) is 17. The van der Waals surface area contributed by atoms with E-state index in [0.29, 0.717) is 88.7 Å². The second-order valence-electron chi connectivity index (χ2n) is 27.8. The fraction of sp³-hybridized carbons (Fsp3) is 0.571. The number of aromatic nitrogens is 2. The number of nitrogens with one attached hydrogen (secondary N) is 6. The number of likely N-dealkylation sites (tertiary alicyclic amines) is 1. The van der Waals surface area contributed by atoms with Gasteiger partial charge in [0.15, 0.2) is 11.8 Å². The van der Waals surface area contributed by atoms with Crippen LogP contribution in [0.25, 0.3) is 0 Å². The van der Waals surface area contributed by atoms with Gasteiger partial charge in [-0.2, -0.15) is 0 Å². The van der Waals surface area contributed by atoms with Gasteiger partial charge in [-0.3, -0.25) is 43.0 Å². The number of nitrogens with zero attached hydrogens (tertiary/aromatic N) is 6. The maximum absolute atomic E-state index is 14.6. The van der Waals surface area contributed by atoms with Crippen molar-refractivity contribution in [1.82, 2.24) is 50.8 Å². The van der Waals surface area contributed by atoms with E-state index in [9.17, 15) is 48.6 Å². The third-order valence-corrected chi connectivity index (χ3v) is 20.7. The molecular formula is C77H115N13O13S. The van der Waals surface area contributed by atoms with Gasteiger partial charge in [-0.15, -0.1) is 11.3 Å². The van der Waals surface area contributed by atoms with Crippen LogP contribution in [-0.4, -0.2) is 192 Å². The number of rotatable bonds is 44. The quantitative estimate of drug-likeness (QED) is 0.0131. The molecule has 1 aliphatic heterocycles. The minimum Gasteiger partial charge on any atom is -0.494 e. The number of carbonyl (C=O) groups excluding carboxylic acids is 8. The van der Waals surface area contributed by atoms with Gasteiger partial charge in [0.05, 0.1) is 55.3 Å². The first-order valence-electron chi connectivity index (χ1n) is 36.6. The Kier molecular flexibility index (Phi) is 34.3. The van der Waals surface area contributed by atoms with E-state index in [0.717, 1.165) is 33.8 Å². The van der Waals surface area contributed by atoms with E-state index in [1.54, 1.807) is 51.4 Å². The van der Waals surface area contributed by atoms with Gasteiger partial charge in [0.1, 0.15) is 29.9 Å². The molecule has 2 aromatic heterocycles. The molecule has 0 bridgehead atoms. The van der Waals surface area contributed by atoms with Gasteiger partial charge >= 0.3 is 6.03 Å². The predicted octanol–water partition coefficient (Wildman–Crippen LogP) is 8.19. The number of benzene rings is 3. The van der Waals surface area contributed by atoms with Crippen molar-refractivity contribution in [2.24, 2.45) is 23.5 Å². The summed E-state index contributed by atoms with van der Waals surface area (Å²) >= 11 is 1.49. The maximum Gasteiger partial charge on any atom is 0.312 e. The van der Waals surface area contributed by atoms with Crippen molar-refractivity contribution in [3.05, 3.63) is 124 Å². The Balaban J connectivity index is 0.942. The van der Waals surface area contributed by atoms with E-state index in [2.05, 4.69) is 36.9 Å². The first-order valence-corrected chi connectivity index (χ1v) is 37.4. The monoisotopic (exact) mass is 1460 g/mol. The summed E-state index contributed by atoms with van der Waals surface area (Å²) in [5.74, 6) is -3.06. The Bertz CT molecular complexity index is 3510. The van der Waals surface area contributed by atoms with Crippen LogP contribution >= 0.6 is 11.3 Å². The molecule has 0 spiro atoms. The first-order chi connectivity index (χ1) is 49.7. The molecule has 3 aromatic carbocycles. The Morgan fingerprint density at radius 2 is 1.47 bits per heavy atom. The number of aromatic hydroxyl groups is 2. The Morgan fingerprint density at radius 3 is 2.10 bits per heavy atom. The molecule has 10 N–H and O–H groups in total. The third-order valence-electron chi connectivity index (χ3n) is 19.8. The second kappa shape index (κ2) is 42.4. The van der Waals surface area contributed by atoms with E-state index in [1.807, 2.05) is 142 Å². The highest BCUT2D eigenvalue weighted by Crippen LogP contribution is 2.32. The fourth-order valence-corrected chi connectivity index (χ4v) is 14.3. The molecule has 5 aromatic rings. The van der Waals surface area contributed by atoms with E-state index in [1.165, 1.54) is 28.9 Å². The zero-order valence-electron chi connectivity index (χ0n) is 63.2. The number of thiazole rings is 1. The van der Waals surface area contributed by atoms with E-state index >= 15 is 0 Å². The number of amides is 9. The van der Waals surface area contributed by atoms with Crippen molar-refractivity contribution in [3.63, 3.8) is 0 Å². The van der Waals surface area contributed by atoms with Crippen LogP contribution in [0.4, 0.5) is 16.2 Å². The highest BCUT2D eigenvalue weighted by Gasteiger charge is 2.43. The third kappa shape index (κ3) is 25.0. The summed E-state index contributed by atoms with van der Waals surface area (Å²) in [4.78, 5) is 120. The molecule has 11 atom stereocenters. The van der Waals surface area contributed by atoms with Gasteiger partial charge in [-0.25, -0.2) is 9.78 Å². The van der Waals surface area contributed by atoms with E-state index in [4.69, 9.17) is 19.9 Å². The lowest BCUT2D eigenvalue weighted by molar-refractivity contribution is -0.147. The standard InChI is InChI=1S/C77H115N13O13S/c1-14-50(5)68(63(101-12)46-66(93)89-41-23-27-62(89)69(102-13)51(6)70(94)85-61(74-79-39-43-104-74)44-55-24-18-16-19-25-55)88(11)75(98)53(8)82-73(97)67(49(3)4)86(9)42-37-54-31-35-59(36-32-54)87(10)48-103-47-56-29-33-58(34-30-56)83-72(96)60(26-22-38-80-77(78)100)84-71(95)52(7)81-64(91)28-20-17-21-40-90-65(92)45-57(15-2)76(90)99/h16,18-19,24-25,29-36,39,43,45,49-53,60-63,67-69,92,99H,14-15,17,20-23,26-28,37-38,40-42,44,46-48H2,1-13H3,(H,81,91)(H,82,97)(H,83,96)(H,84,95)(H,85,94)(H3,78,80,100). The topological polar surface area (TPSA) is 334 Å². The summed E-state index contributed by atoms with van der Waals surface area (Å²) in [5, 5.41) is 40.2. The minimum atomic E-state index is -1.01. The van der Waals surface area contributed by atoms with E-state index < -0.39 is 66.2 Å². The molecule has 9 amide bonds. The molecule has 0 saturated carbocycles. The number of unbranched alkanes of at least 4 members (excludes halogenated alkanes) is 2. The zero-order valence-corrected chi connectivity index (χ0v) is 64.0. The molecule has 3 heterocycles. The van der Waals surface area contributed by atoms with Crippen LogP contribution in [0.1, 0.15) is 153 Å². The number of aryl methyl sites for hydroxylation is 1. The molecule has 0 aliphatic carbocycles. The molecule has 0 radical (unpaired) electrons. The van der Waals surface area contributed by atoms with Gasteiger partial charge in [0.2, 0.25) is 41.4 Å². The normalized spacial score (nSPS) is 15.9. The number of methoxy groups -OCH3 is 2. The summed E-state index contributed by atoms with van der Waals surface area (Å²) < 4.78 is 19.7. The molecule has 11 unspecified atom stereocenters. The molecule has 572 valence electrons. The van der Waals surface area contributed by atoms with Crippen molar-refractivity contribution >= 4 is 70.1 Å². The van der Waals surface area contributed by atoms with Crippen molar-refractivity contribution in [2.75, 3.05) is 71.9 Å². The molecule has 6 rings (SSSR count). The molecular weight excluding hydrogens is 1350 g/mol. The molecule has 1 fully saturated rings. The van der Waals surface area contributed by atoms with Crippen LogP contribution in [-0.2, 0) is 80.2 Å². The van der Waals surface area contributed by atoms with Crippen molar-refractivity contribution in [1.29, 1.82) is 0 Å². The average molecular weight is 1460 g/mol. The largest absolute Gasteiger partial charge is 0.494 e. The number of hydrogen-bond donors (Lipinski definition) is 9. The molecule has 104 heavy (non-hydrogen) atoms. The number of likely N-dealkylation sites (N-methyl/N-ethyl adjacent to an activating group) is 2. The summed E-state index contributed by atoms with van der Waals surface area (Å²) in [5.41, 5.74) is 10.3. The number of carbonyl (C=O) groups is 8. The number of anilines is 2. The SMILES string of the molecule is CCc1cc(O)n(CCCCCC(=O)NC(C)C(=O)NC(CCCNC(N)=O)C(=O)Nc2ccc(COCN(C)c3ccc(CCN(C)C(C(=O)NC(C)C(=O)N(C)C(C(C)CC)C(CC(=O)N4CCCC4C(OC)C(C)C(=O)NC(Cc4ccccc4)c4nccs4)OC)C(C)C)cc3)cc2)c1O. The molecule has 26 nitrogen and oxygen atoms in total. The number of primary amides is 1. The summed E-state index contributed by atoms with van der Waals surface area (Å²) in [7, 11) is 8.69. The van der Waals surface area contributed by atoms with E-state index in [-0.39, 0.29) is 104 Å². The minimum absolute atomic E-state index is 0.00705. The van der Waals surface area contributed by atoms with Crippen molar-refractivity contribution < 1.29 is 62.8 Å². The summed E-state index contributed by atoms with van der Waals surface area (Å²) in [6.45, 7) is 17.2. The van der Waals surface area contributed by atoms with Gasteiger partial charge in [0.25, 0.3) is 0 Å². The van der Waals surface area contributed by atoms with Crippen LogP contribution < -0.4 is 42.5 Å². The first kappa shape index (κ1) is 84.3. The van der Waals surface area contributed by atoms with Gasteiger partial charge < -0.3 is 76.8 Å². The van der Waals surface area contributed by atoms with Gasteiger partial charge in [0, 0.05) is 95.5 Å². The average Bonchev–Trinajstić information content (AvgIpc) is 1.46. The predicted molar refractivity (Wildman–Crippen MR) is 403 cm³/mol. The summed E-state index contributed by atoms with van der Waals surface area (Å²) in [6.07, 6.45) is 6.78. The van der Waals surface area contributed by atoms with Crippen LogP contribution in [0.2, 0.25) is 0 Å². The smallest absolute Gasteiger partial charge is 0.312 e. The van der Waals surface area contributed by atoms with Gasteiger partial charge in [-0.1, -0.05) is 109 Å². The Morgan fingerprint density at radius 1 is 0.769 bits per heavy atom. The lowest BCUT2D eigenvalue weighted by atomic mass is 9.90. The lowest BCUT2D eigenvalue weighted by Gasteiger charge is -2.40. The maximum atomic E-state index is 14.6. The van der Waals surface area contributed by atoms with Gasteiger partial charge in [-0.05, 0) is 131 Å². The van der Waals surface area contributed by atoms with Crippen LogP contribution in [0.3, 0.4) is 0 Å². The number of urea groups is 1. The molecule has 1 saturated heterocycles. The highest BCUT2D eigenvalue weighted by atomic mass is 32.1. The highest BCUT2D eigenvalue weighted by molar-refractivity contribution is 7.09. The van der Waals surface area contributed by atoms with Crippen LogP contribution in [0.5, 0.6) is 11.8 Å². The summed E-state index contributed by atoms with van der Waals surface area (Å²) in [6, 6.07) is 21.4. The Hall–Kier alpha value is -8.63. The number of ether oxygens (including phenoxy) is 3.